The van der Waals surface area contributed by atoms with Crippen molar-refractivity contribution in [1.82, 2.24) is 0 Å². The average molecular weight is 274 g/mol. The third kappa shape index (κ3) is 1.54. The Morgan fingerprint density at radius 2 is 2.00 bits per heavy atom. The topological polar surface area (TPSA) is 68.9 Å². The van der Waals surface area contributed by atoms with E-state index in [0.717, 1.165) is 16.7 Å². The van der Waals surface area contributed by atoms with Crippen molar-refractivity contribution in [2.45, 2.75) is 26.6 Å². The van der Waals surface area contributed by atoms with E-state index in [0.29, 0.717) is 22.3 Å². The number of hydrogen-bond donors (Lipinski definition) is 1. The zero-order valence-corrected chi connectivity index (χ0v) is 11.4. The average Bonchev–Trinajstić information content (AvgIpc) is 2.62. The molecule has 0 radical (unpaired) electrons. The number of benzene rings is 1. The first kappa shape index (κ1) is 12.9. The summed E-state index contributed by atoms with van der Waals surface area (Å²) in [5.74, 6) is -0.813. The molecule has 1 aromatic heterocycles. The van der Waals surface area contributed by atoms with Gasteiger partial charge in [0.15, 0.2) is 0 Å². The summed E-state index contributed by atoms with van der Waals surface area (Å²) in [5, 5.41) is 9.77. The lowest BCUT2D eigenvalue weighted by Gasteiger charge is -2.20. The minimum Gasteiger partial charge on any atom is -0.454 e. The molecule has 104 valence electrons. The molecule has 0 amide bonds. The number of ether oxygens (including phenoxy) is 1. The minimum absolute atomic E-state index is 0.410. The van der Waals surface area contributed by atoms with Crippen LogP contribution in [0.15, 0.2) is 27.9 Å². The van der Waals surface area contributed by atoms with Crippen molar-refractivity contribution in [2.24, 2.45) is 0 Å². The Balaban J connectivity index is 2.44. The van der Waals surface area contributed by atoms with Gasteiger partial charge in [-0.2, -0.15) is 4.89 Å². The predicted octanol–water partition coefficient (Wildman–Crippen LogP) is 3.02. The lowest BCUT2D eigenvalue weighted by molar-refractivity contribution is -0.347. The van der Waals surface area contributed by atoms with Crippen LogP contribution in [0.3, 0.4) is 0 Å². The molecule has 5 nitrogen and oxygen atoms in total. The molecule has 1 N–H and O–H groups in total. The Morgan fingerprint density at radius 3 is 2.65 bits per heavy atom. The van der Waals surface area contributed by atoms with Gasteiger partial charge in [-0.25, -0.2) is 10.1 Å². The maximum absolute atomic E-state index is 11.5. The van der Waals surface area contributed by atoms with Crippen LogP contribution in [0.25, 0.3) is 16.5 Å². The first-order valence-electron chi connectivity index (χ1n) is 6.17. The summed E-state index contributed by atoms with van der Waals surface area (Å²) in [6.07, 6.45) is 0. The highest BCUT2D eigenvalue weighted by Crippen LogP contribution is 2.49. The van der Waals surface area contributed by atoms with Gasteiger partial charge in [-0.1, -0.05) is 6.58 Å². The number of rotatable bonds is 1. The van der Waals surface area contributed by atoms with Gasteiger partial charge in [-0.05, 0) is 31.0 Å². The van der Waals surface area contributed by atoms with Crippen molar-refractivity contribution in [3.8, 4) is 5.75 Å². The molecule has 20 heavy (non-hydrogen) atoms. The Kier molecular flexibility index (Phi) is 2.54. The normalized spacial score (nSPS) is 21.1. The van der Waals surface area contributed by atoms with Gasteiger partial charge in [0.1, 0.15) is 11.3 Å². The van der Waals surface area contributed by atoms with E-state index in [2.05, 4.69) is 11.5 Å². The van der Waals surface area contributed by atoms with Gasteiger partial charge in [0.05, 0.1) is 5.39 Å². The van der Waals surface area contributed by atoms with Crippen molar-refractivity contribution in [3.63, 3.8) is 0 Å². The van der Waals surface area contributed by atoms with Crippen LogP contribution in [0.1, 0.15) is 23.6 Å². The number of fused-ring (bicyclic) bond motifs is 3. The first-order valence-corrected chi connectivity index (χ1v) is 6.17. The molecule has 3 rings (SSSR count). The molecule has 0 spiro atoms. The highest BCUT2D eigenvalue weighted by molar-refractivity contribution is 5.96. The fourth-order valence-corrected chi connectivity index (χ4v) is 2.63. The SMILES string of the molecule is C=C1c2c(C)cc3oc(=O)cc(C)c3c2OC1(C)OO. The van der Waals surface area contributed by atoms with E-state index in [1.54, 1.807) is 19.9 Å². The molecule has 0 fully saturated rings. The van der Waals surface area contributed by atoms with E-state index in [4.69, 9.17) is 14.4 Å². The van der Waals surface area contributed by atoms with Crippen molar-refractivity contribution in [1.29, 1.82) is 0 Å². The molecule has 2 aromatic rings. The molecule has 0 saturated carbocycles. The smallest absolute Gasteiger partial charge is 0.336 e. The van der Waals surface area contributed by atoms with Gasteiger partial charge in [-0.15, -0.1) is 0 Å². The largest absolute Gasteiger partial charge is 0.454 e. The van der Waals surface area contributed by atoms with Crippen LogP contribution in [0, 0.1) is 13.8 Å². The monoisotopic (exact) mass is 274 g/mol. The van der Waals surface area contributed by atoms with Crippen molar-refractivity contribution < 1.29 is 19.3 Å². The van der Waals surface area contributed by atoms with Gasteiger partial charge >= 0.3 is 5.63 Å². The molecule has 0 saturated heterocycles. The van der Waals surface area contributed by atoms with E-state index in [1.807, 2.05) is 6.92 Å². The van der Waals surface area contributed by atoms with Crippen LogP contribution in [0.4, 0.5) is 0 Å². The fraction of sp³-hybridized carbons (Fsp3) is 0.267. The Morgan fingerprint density at radius 1 is 1.30 bits per heavy atom. The quantitative estimate of drug-likeness (QED) is 0.492. The highest BCUT2D eigenvalue weighted by Gasteiger charge is 2.43. The van der Waals surface area contributed by atoms with Gasteiger partial charge in [-0.3, -0.25) is 0 Å². The Hall–Kier alpha value is -2.11. The Bertz CT molecular complexity index is 802. The molecule has 1 aliphatic rings. The van der Waals surface area contributed by atoms with Gasteiger partial charge < -0.3 is 9.15 Å². The molecule has 5 heteroatoms. The van der Waals surface area contributed by atoms with Crippen molar-refractivity contribution in [2.75, 3.05) is 0 Å². The molecule has 0 aliphatic carbocycles. The zero-order valence-electron chi connectivity index (χ0n) is 11.4. The molecule has 1 atom stereocenters. The third-order valence-electron chi connectivity index (χ3n) is 3.70. The van der Waals surface area contributed by atoms with Crippen molar-refractivity contribution in [3.05, 3.63) is 45.8 Å². The molecule has 1 unspecified atom stereocenters. The second-order valence-corrected chi connectivity index (χ2v) is 5.14. The number of aryl methyl sites for hydroxylation is 2. The van der Waals surface area contributed by atoms with E-state index >= 15 is 0 Å². The van der Waals surface area contributed by atoms with Crippen LogP contribution in [-0.2, 0) is 4.89 Å². The van der Waals surface area contributed by atoms with Gasteiger partial charge in [0.25, 0.3) is 5.79 Å². The van der Waals surface area contributed by atoms with Crippen LogP contribution in [0.2, 0.25) is 0 Å². The Labute approximate surface area is 115 Å². The minimum atomic E-state index is -1.33. The summed E-state index contributed by atoms with van der Waals surface area (Å²) in [6.45, 7) is 9.17. The maximum Gasteiger partial charge on any atom is 0.336 e. The maximum atomic E-state index is 11.5. The van der Waals surface area contributed by atoms with E-state index in [1.165, 1.54) is 6.07 Å². The van der Waals surface area contributed by atoms with E-state index in [-0.39, 0.29) is 0 Å². The lowest BCUT2D eigenvalue weighted by Crippen LogP contribution is -2.31. The summed E-state index contributed by atoms with van der Waals surface area (Å²) in [5.41, 5.74) is 2.91. The molecule has 2 heterocycles. The van der Waals surface area contributed by atoms with Crippen LogP contribution < -0.4 is 10.4 Å². The molecular formula is C15H14O5. The molecule has 1 aromatic carbocycles. The molecule has 0 bridgehead atoms. The standard InChI is InChI=1S/C15H14O5/c1-7-5-10-13(8(2)6-11(16)18-10)14-12(7)9(3)15(4,19-14)20-17/h5-6,17H,3H2,1-2,4H3. The third-order valence-corrected chi connectivity index (χ3v) is 3.70. The van der Waals surface area contributed by atoms with Gasteiger partial charge in [0.2, 0.25) is 0 Å². The summed E-state index contributed by atoms with van der Waals surface area (Å²) < 4.78 is 11.0. The highest BCUT2D eigenvalue weighted by atomic mass is 17.1. The number of hydrogen-bond acceptors (Lipinski definition) is 5. The summed E-state index contributed by atoms with van der Waals surface area (Å²) >= 11 is 0. The first-order chi connectivity index (χ1) is 9.37. The second-order valence-electron chi connectivity index (χ2n) is 5.14. The zero-order chi connectivity index (χ0) is 14.7. The summed E-state index contributed by atoms with van der Waals surface area (Å²) in [7, 11) is 0. The van der Waals surface area contributed by atoms with Crippen LogP contribution >= 0.6 is 0 Å². The summed E-state index contributed by atoms with van der Waals surface area (Å²) in [4.78, 5) is 15.9. The van der Waals surface area contributed by atoms with E-state index in [9.17, 15) is 4.79 Å². The van der Waals surface area contributed by atoms with Crippen LogP contribution in [0.5, 0.6) is 5.75 Å². The molecule has 1 aliphatic heterocycles. The van der Waals surface area contributed by atoms with Gasteiger partial charge in [0, 0.05) is 24.1 Å². The summed E-state index contributed by atoms with van der Waals surface area (Å²) in [6, 6.07) is 3.17. The van der Waals surface area contributed by atoms with Crippen LogP contribution in [-0.4, -0.2) is 11.0 Å². The fourth-order valence-electron chi connectivity index (χ4n) is 2.63. The molecular weight excluding hydrogens is 260 g/mol. The lowest BCUT2D eigenvalue weighted by atomic mass is 9.95. The van der Waals surface area contributed by atoms with Crippen molar-refractivity contribution >= 4 is 16.5 Å². The second kappa shape index (κ2) is 3.94. The predicted molar refractivity (Wildman–Crippen MR) is 73.7 cm³/mol. The van der Waals surface area contributed by atoms with E-state index < -0.39 is 11.4 Å².